The van der Waals surface area contributed by atoms with Gasteiger partial charge in [0.15, 0.2) is 0 Å². The summed E-state index contributed by atoms with van der Waals surface area (Å²) in [4.78, 5) is 0. The van der Waals surface area contributed by atoms with Crippen molar-refractivity contribution >= 4 is 21.6 Å². The first-order valence-electron chi connectivity index (χ1n) is 5.99. The molecule has 2 N–H and O–H groups in total. The van der Waals surface area contributed by atoms with Crippen LogP contribution in [-0.2, 0) is 6.18 Å². The Labute approximate surface area is 119 Å². The van der Waals surface area contributed by atoms with E-state index in [2.05, 4.69) is 21.2 Å². The molecule has 1 rings (SSSR count). The quantitative estimate of drug-likeness (QED) is 0.831. The van der Waals surface area contributed by atoms with Crippen LogP contribution in [0.25, 0.3) is 0 Å². The van der Waals surface area contributed by atoms with Crippen molar-refractivity contribution in [2.24, 2.45) is 0 Å². The summed E-state index contributed by atoms with van der Waals surface area (Å²) < 4.78 is 37.8. The second-order valence-corrected chi connectivity index (χ2v) is 5.65. The Kier molecular flexibility index (Phi) is 5.26. The predicted molar refractivity (Wildman–Crippen MR) is 73.2 cm³/mol. The van der Waals surface area contributed by atoms with Gasteiger partial charge in [0, 0.05) is 16.7 Å². The summed E-state index contributed by atoms with van der Waals surface area (Å²) in [5, 5.41) is 12.9. The molecule has 0 heterocycles. The Morgan fingerprint density at radius 2 is 1.95 bits per heavy atom. The molecule has 0 fully saturated rings. The Morgan fingerprint density at radius 1 is 1.32 bits per heavy atom. The van der Waals surface area contributed by atoms with Gasteiger partial charge in [0.25, 0.3) is 0 Å². The monoisotopic (exact) mass is 339 g/mol. The third-order valence-electron chi connectivity index (χ3n) is 2.74. The van der Waals surface area contributed by atoms with E-state index in [1.165, 1.54) is 6.07 Å². The Hall–Kier alpha value is -0.750. The minimum Gasteiger partial charge on any atom is -0.388 e. The summed E-state index contributed by atoms with van der Waals surface area (Å²) in [6.45, 7) is 3.94. The van der Waals surface area contributed by atoms with E-state index in [-0.39, 0.29) is 6.54 Å². The molecule has 19 heavy (non-hydrogen) atoms. The van der Waals surface area contributed by atoms with Gasteiger partial charge in [-0.25, -0.2) is 0 Å². The average Bonchev–Trinajstić information content (AvgIpc) is 2.26. The number of nitrogens with one attached hydrogen (secondary N) is 1. The van der Waals surface area contributed by atoms with Gasteiger partial charge in [0.05, 0.1) is 11.2 Å². The maximum Gasteiger partial charge on any atom is 0.416 e. The number of halogens is 4. The molecule has 6 heteroatoms. The van der Waals surface area contributed by atoms with Crippen LogP contribution in [0.3, 0.4) is 0 Å². The molecule has 1 unspecified atom stereocenters. The lowest BCUT2D eigenvalue weighted by Gasteiger charge is -2.24. The zero-order valence-electron chi connectivity index (χ0n) is 10.8. The number of aliphatic hydroxyl groups is 1. The summed E-state index contributed by atoms with van der Waals surface area (Å²) in [7, 11) is 0. The zero-order valence-corrected chi connectivity index (χ0v) is 12.4. The van der Waals surface area contributed by atoms with Crippen molar-refractivity contribution in [3.05, 3.63) is 28.2 Å². The predicted octanol–water partition coefficient (Wildman–Crippen LogP) is 4.43. The number of benzene rings is 1. The molecule has 2 nitrogen and oxygen atoms in total. The van der Waals surface area contributed by atoms with Crippen molar-refractivity contribution in [2.75, 3.05) is 11.9 Å². The fourth-order valence-electron chi connectivity index (χ4n) is 1.75. The van der Waals surface area contributed by atoms with E-state index in [1.807, 2.05) is 6.92 Å². The molecule has 0 bridgehead atoms. The van der Waals surface area contributed by atoms with Crippen LogP contribution in [0, 0.1) is 0 Å². The van der Waals surface area contributed by atoms with E-state index in [9.17, 15) is 18.3 Å². The number of hydrogen-bond donors (Lipinski definition) is 2. The first-order chi connectivity index (χ1) is 8.65. The first-order valence-corrected chi connectivity index (χ1v) is 6.78. The molecule has 0 radical (unpaired) electrons. The summed E-state index contributed by atoms with van der Waals surface area (Å²) in [5.74, 6) is 0. The molecule has 0 saturated carbocycles. The standard InChI is InChI=1S/C13H17BrF3NO/c1-3-6-12(2,19)8-18-11-5-4-9(7-10(11)14)13(15,16)17/h4-5,7,18-19H,3,6,8H2,1-2H3. The molecule has 1 atom stereocenters. The lowest BCUT2D eigenvalue weighted by Crippen LogP contribution is -2.33. The average molecular weight is 340 g/mol. The van der Waals surface area contributed by atoms with Gasteiger partial charge in [-0.05, 0) is 47.5 Å². The van der Waals surface area contributed by atoms with E-state index in [4.69, 9.17) is 0 Å². The molecule has 0 spiro atoms. The molecule has 1 aromatic carbocycles. The first kappa shape index (κ1) is 16.3. The van der Waals surface area contributed by atoms with E-state index in [0.717, 1.165) is 18.6 Å². The van der Waals surface area contributed by atoms with E-state index in [0.29, 0.717) is 16.6 Å². The molecule has 0 aliphatic rings. The molecule has 0 aliphatic carbocycles. The second-order valence-electron chi connectivity index (χ2n) is 4.79. The molecule has 0 saturated heterocycles. The maximum absolute atomic E-state index is 12.5. The van der Waals surface area contributed by atoms with Crippen LogP contribution in [-0.4, -0.2) is 17.3 Å². The van der Waals surface area contributed by atoms with Gasteiger partial charge in [-0.15, -0.1) is 0 Å². The number of hydrogen-bond acceptors (Lipinski definition) is 2. The van der Waals surface area contributed by atoms with Crippen LogP contribution in [0.5, 0.6) is 0 Å². The molecular formula is C13H17BrF3NO. The van der Waals surface area contributed by atoms with Crippen molar-refractivity contribution in [3.63, 3.8) is 0 Å². The van der Waals surface area contributed by atoms with Crippen LogP contribution >= 0.6 is 15.9 Å². The van der Waals surface area contributed by atoms with Gasteiger partial charge in [-0.1, -0.05) is 13.3 Å². The van der Waals surface area contributed by atoms with Gasteiger partial charge in [0.2, 0.25) is 0 Å². The molecule has 0 aliphatic heterocycles. The van der Waals surface area contributed by atoms with Crippen molar-refractivity contribution in [3.8, 4) is 0 Å². The molecule has 0 aromatic heterocycles. The fourth-order valence-corrected chi connectivity index (χ4v) is 2.27. The van der Waals surface area contributed by atoms with Gasteiger partial charge in [0.1, 0.15) is 0 Å². The Balaban J connectivity index is 2.76. The largest absolute Gasteiger partial charge is 0.416 e. The molecule has 108 valence electrons. The fraction of sp³-hybridized carbons (Fsp3) is 0.538. The number of rotatable bonds is 5. The maximum atomic E-state index is 12.5. The third kappa shape index (κ3) is 5.03. The van der Waals surface area contributed by atoms with Gasteiger partial charge >= 0.3 is 6.18 Å². The normalized spacial score (nSPS) is 15.1. The summed E-state index contributed by atoms with van der Waals surface area (Å²) in [6, 6.07) is 3.40. The highest BCUT2D eigenvalue weighted by Gasteiger charge is 2.31. The van der Waals surface area contributed by atoms with Gasteiger partial charge in [-0.3, -0.25) is 0 Å². The third-order valence-corrected chi connectivity index (χ3v) is 3.40. The van der Waals surface area contributed by atoms with Crippen LogP contribution in [0.15, 0.2) is 22.7 Å². The van der Waals surface area contributed by atoms with Crippen LogP contribution in [0.1, 0.15) is 32.3 Å². The molecule has 0 amide bonds. The van der Waals surface area contributed by atoms with Crippen LogP contribution in [0.4, 0.5) is 18.9 Å². The van der Waals surface area contributed by atoms with Crippen molar-refractivity contribution in [1.29, 1.82) is 0 Å². The van der Waals surface area contributed by atoms with Crippen molar-refractivity contribution in [2.45, 2.75) is 38.5 Å². The van der Waals surface area contributed by atoms with Crippen molar-refractivity contribution < 1.29 is 18.3 Å². The minimum absolute atomic E-state index is 0.283. The topological polar surface area (TPSA) is 32.3 Å². The van der Waals surface area contributed by atoms with Crippen LogP contribution in [0.2, 0.25) is 0 Å². The highest BCUT2D eigenvalue weighted by atomic mass is 79.9. The summed E-state index contributed by atoms with van der Waals surface area (Å²) in [5.41, 5.74) is -1.05. The summed E-state index contributed by atoms with van der Waals surface area (Å²) >= 11 is 3.10. The van der Waals surface area contributed by atoms with Crippen LogP contribution < -0.4 is 5.32 Å². The smallest absolute Gasteiger partial charge is 0.388 e. The SMILES string of the molecule is CCCC(C)(O)CNc1ccc(C(F)(F)F)cc1Br. The number of alkyl halides is 3. The van der Waals surface area contributed by atoms with E-state index >= 15 is 0 Å². The van der Waals surface area contributed by atoms with Crippen molar-refractivity contribution in [1.82, 2.24) is 0 Å². The highest BCUT2D eigenvalue weighted by molar-refractivity contribution is 9.10. The zero-order chi connectivity index (χ0) is 14.7. The Morgan fingerprint density at radius 3 is 2.42 bits per heavy atom. The number of anilines is 1. The highest BCUT2D eigenvalue weighted by Crippen LogP contribution is 2.34. The molecule has 1 aromatic rings. The molecular weight excluding hydrogens is 323 g/mol. The van der Waals surface area contributed by atoms with E-state index in [1.54, 1.807) is 6.92 Å². The minimum atomic E-state index is -4.35. The van der Waals surface area contributed by atoms with Gasteiger partial charge < -0.3 is 10.4 Å². The lowest BCUT2D eigenvalue weighted by atomic mass is 10.0. The Bertz CT molecular complexity index is 432. The summed E-state index contributed by atoms with van der Waals surface area (Å²) in [6.07, 6.45) is -2.89. The lowest BCUT2D eigenvalue weighted by molar-refractivity contribution is -0.137. The van der Waals surface area contributed by atoms with E-state index < -0.39 is 17.3 Å². The second kappa shape index (κ2) is 6.13. The van der Waals surface area contributed by atoms with Gasteiger partial charge in [-0.2, -0.15) is 13.2 Å².